The van der Waals surface area contributed by atoms with Gasteiger partial charge in [-0.2, -0.15) is 0 Å². The highest BCUT2D eigenvalue weighted by Gasteiger charge is 2.32. The van der Waals surface area contributed by atoms with Crippen LogP contribution in [0.15, 0.2) is 18.5 Å². The van der Waals surface area contributed by atoms with Crippen molar-refractivity contribution in [1.29, 1.82) is 0 Å². The van der Waals surface area contributed by atoms with Gasteiger partial charge in [0.1, 0.15) is 0 Å². The molecule has 1 N–H and O–H groups in total. The third-order valence-corrected chi connectivity index (χ3v) is 2.94. The molecule has 1 aromatic heterocycles. The van der Waals surface area contributed by atoms with Crippen LogP contribution < -0.4 is 4.90 Å². The van der Waals surface area contributed by atoms with E-state index in [0.29, 0.717) is 18.8 Å². The number of hydrogen-bond acceptors (Lipinski definition) is 4. The van der Waals surface area contributed by atoms with E-state index in [9.17, 15) is 9.90 Å². The smallest absolute Gasteiger partial charge is 0.337 e. The maximum Gasteiger partial charge on any atom is 0.337 e. The van der Waals surface area contributed by atoms with Crippen LogP contribution in [-0.4, -0.2) is 40.9 Å². The Labute approximate surface area is 106 Å². The van der Waals surface area contributed by atoms with E-state index in [2.05, 4.69) is 4.98 Å². The number of morpholine rings is 1. The van der Waals surface area contributed by atoms with Crippen molar-refractivity contribution in [2.75, 3.05) is 18.0 Å². The maximum absolute atomic E-state index is 11.2. The molecule has 5 nitrogen and oxygen atoms in total. The van der Waals surface area contributed by atoms with Gasteiger partial charge in [-0.3, -0.25) is 4.98 Å². The summed E-state index contributed by atoms with van der Waals surface area (Å²) in [5.41, 5.74) is 0.659. The fourth-order valence-electron chi connectivity index (χ4n) is 2.46. The highest BCUT2D eigenvalue weighted by Crippen LogP contribution is 2.27. The summed E-state index contributed by atoms with van der Waals surface area (Å²) in [6.45, 7) is 7.34. The van der Waals surface area contributed by atoms with Crippen LogP contribution in [-0.2, 0) is 4.74 Å². The summed E-state index contributed by atoms with van der Waals surface area (Å²) in [6, 6.07) is 1.53. The van der Waals surface area contributed by atoms with Crippen LogP contribution in [0.4, 0.5) is 5.69 Å². The average Bonchev–Trinajstić information content (AvgIpc) is 2.26. The van der Waals surface area contributed by atoms with Crippen LogP contribution in [0.2, 0.25) is 0 Å². The Balaban J connectivity index is 2.34. The summed E-state index contributed by atoms with van der Waals surface area (Å²) in [4.78, 5) is 17.3. The largest absolute Gasteiger partial charge is 0.478 e. The van der Waals surface area contributed by atoms with E-state index in [1.807, 2.05) is 25.7 Å². The van der Waals surface area contributed by atoms with E-state index in [-0.39, 0.29) is 17.3 Å². The standard InChI is InChI=1S/C13H18N2O3/c1-9-7-15(8-13(2,3)18-9)11-6-14-5-4-10(11)12(16)17/h4-6,9H,7-8H2,1-3H3,(H,16,17). The zero-order chi connectivity index (χ0) is 13.3. The minimum absolute atomic E-state index is 0.0654. The summed E-state index contributed by atoms with van der Waals surface area (Å²) in [7, 11) is 0. The maximum atomic E-state index is 11.2. The van der Waals surface area contributed by atoms with Crippen LogP contribution in [0.5, 0.6) is 0 Å². The lowest BCUT2D eigenvalue weighted by molar-refractivity contribution is -0.0750. The molecular formula is C13H18N2O3. The minimum atomic E-state index is -0.927. The number of hydrogen-bond donors (Lipinski definition) is 1. The van der Waals surface area contributed by atoms with Crippen molar-refractivity contribution in [3.05, 3.63) is 24.0 Å². The zero-order valence-corrected chi connectivity index (χ0v) is 10.9. The molecular weight excluding hydrogens is 232 g/mol. The van der Waals surface area contributed by atoms with Gasteiger partial charge in [0.2, 0.25) is 0 Å². The molecule has 98 valence electrons. The molecule has 18 heavy (non-hydrogen) atoms. The van der Waals surface area contributed by atoms with Crippen molar-refractivity contribution in [1.82, 2.24) is 4.98 Å². The number of rotatable bonds is 2. The molecule has 1 aliphatic rings. The number of carboxylic acids is 1. The molecule has 0 radical (unpaired) electrons. The van der Waals surface area contributed by atoms with Crippen LogP contribution in [0.1, 0.15) is 31.1 Å². The number of nitrogens with zero attached hydrogens (tertiary/aromatic N) is 2. The molecule has 1 aromatic rings. The van der Waals surface area contributed by atoms with Crippen molar-refractivity contribution in [3.63, 3.8) is 0 Å². The predicted molar refractivity (Wildman–Crippen MR) is 68.0 cm³/mol. The molecule has 1 aliphatic heterocycles. The number of aromatic carboxylic acids is 1. The molecule has 0 amide bonds. The second kappa shape index (κ2) is 4.57. The highest BCUT2D eigenvalue weighted by atomic mass is 16.5. The molecule has 0 aromatic carbocycles. The van der Waals surface area contributed by atoms with E-state index >= 15 is 0 Å². The van der Waals surface area contributed by atoms with E-state index < -0.39 is 5.97 Å². The molecule has 1 atom stereocenters. The highest BCUT2D eigenvalue weighted by molar-refractivity contribution is 5.94. The average molecular weight is 250 g/mol. The molecule has 2 rings (SSSR count). The lowest BCUT2D eigenvalue weighted by Crippen LogP contribution is -2.52. The predicted octanol–water partition coefficient (Wildman–Crippen LogP) is 1.78. The van der Waals surface area contributed by atoms with Gasteiger partial charge in [-0.15, -0.1) is 0 Å². The van der Waals surface area contributed by atoms with E-state index in [1.54, 1.807) is 6.20 Å². The number of carbonyl (C=O) groups is 1. The van der Waals surface area contributed by atoms with Crippen molar-refractivity contribution >= 4 is 11.7 Å². The summed E-state index contributed by atoms with van der Waals surface area (Å²) in [6.07, 6.45) is 3.18. The summed E-state index contributed by atoms with van der Waals surface area (Å²) in [5.74, 6) is -0.927. The molecule has 1 saturated heterocycles. The van der Waals surface area contributed by atoms with Gasteiger partial charge in [0.25, 0.3) is 0 Å². The van der Waals surface area contributed by atoms with Gasteiger partial charge < -0.3 is 14.7 Å². The number of aromatic nitrogens is 1. The van der Waals surface area contributed by atoms with Crippen LogP contribution >= 0.6 is 0 Å². The first kappa shape index (κ1) is 12.8. The zero-order valence-electron chi connectivity index (χ0n) is 10.9. The second-order valence-electron chi connectivity index (χ2n) is 5.27. The van der Waals surface area contributed by atoms with Gasteiger partial charge in [0.15, 0.2) is 0 Å². The molecule has 5 heteroatoms. The molecule has 0 aliphatic carbocycles. The van der Waals surface area contributed by atoms with Gasteiger partial charge in [-0.1, -0.05) is 0 Å². The van der Waals surface area contributed by atoms with Gasteiger partial charge in [0, 0.05) is 19.3 Å². The Bertz CT molecular complexity index is 459. The Hall–Kier alpha value is -1.62. The van der Waals surface area contributed by atoms with Crippen molar-refractivity contribution < 1.29 is 14.6 Å². The Morgan fingerprint density at radius 1 is 1.61 bits per heavy atom. The van der Waals surface area contributed by atoms with Crippen molar-refractivity contribution in [2.45, 2.75) is 32.5 Å². The topological polar surface area (TPSA) is 62.7 Å². The SMILES string of the molecule is CC1CN(c2cnccc2C(=O)O)CC(C)(C)O1. The van der Waals surface area contributed by atoms with Crippen molar-refractivity contribution in [2.24, 2.45) is 0 Å². The molecule has 1 fully saturated rings. The Morgan fingerprint density at radius 2 is 2.33 bits per heavy atom. The second-order valence-corrected chi connectivity index (χ2v) is 5.27. The number of anilines is 1. The first-order valence-electron chi connectivity index (χ1n) is 5.99. The molecule has 0 spiro atoms. The number of ether oxygens (including phenoxy) is 1. The van der Waals surface area contributed by atoms with E-state index in [4.69, 9.17) is 4.74 Å². The van der Waals surface area contributed by atoms with E-state index in [0.717, 1.165) is 0 Å². The number of carboxylic acid groups (broad SMARTS) is 1. The quantitative estimate of drug-likeness (QED) is 0.867. The first-order valence-corrected chi connectivity index (χ1v) is 5.99. The third kappa shape index (κ3) is 2.61. The first-order chi connectivity index (χ1) is 8.39. The lowest BCUT2D eigenvalue weighted by Gasteiger charge is -2.43. The minimum Gasteiger partial charge on any atom is -0.478 e. The summed E-state index contributed by atoms with van der Waals surface area (Å²) < 4.78 is 5.82. The molecule has 0 bridgehead atoms. The normalized spacial score (nSPS) is 22.8. The Kier molecular flexibility index (Phi) is 3.26. The van der Waals surface area contributed by atoms with Crippen LogP contribution in [0.25, 0.3) is 0 Å². The van der Waals surface area contributed by atoms with E-state index in [1.165, 1.54) is 12.3 Å². The molecule has 2 heterocycles. The monoisotopic (exact) mass is 250 g/mol. The summed E-state index contributed by atoms with van der Waals surface area (Å²) >= 11 is 0. The van der Waals surface area contributed by atoms with Gasteiger partial charge in [-0.25, -0.2) is 4.79 Å². The van der Waals surface area contributed by atoms with Gasteiger partial charge in [0.05, 0.1) is 29.2 Å². The fourth-order valence-corrected chi connectivity index (χ4v) is 2.46. The van der Waals surface area contributed by atoms with Gasteiger partial charge in [-0.05, 0) is 26.8 Å². The third-order valence-electron chi connectivity index (χ3n) is 2.94. The van der Waals surface area contributed by atoms with Crippen LogP contribution in [0, 0.1) is 0 Å². The summed E-state index contributed by atoms with van der Waals surface area (Å²) in [5, 5.41) is 9.21. The lowest BCUT2D eigenvalue weighted by atomic mass is 10.0. The Morgan fingerprint density at radius 3 is 2.94 bits per heavy atom. The van der Waals surface area contributed by atoms with Gasteiger partial charge >= 0.3 is 5.97 Å². The fraction of sp³-hybridized carbons (Fsp3) is 0.538. The number of pyridine rings is 1. The molecule has 0 saturated carbocycles. The van der Waals surface area contributed by atoms with Crippen molar-refractivity contribution in [3.8, 4) is 0 Å². The molecule has 1 unspecified atom stereocenters. The van der Waals surface area contributed by atoms with Crippen LogP contribution in [0.3, 0.4) is 0 Å².